The zero-order valence-electron chi connectivity index (χ0n) is 13.6. The van der Waals surface area contributed by atoms with Crippen molar-refractivity contribution < 1.29 is 10.2 Å². The Balaban J connectivity index is 2.37. The largest absolute Gasteiger partial charge is 0.507 e. The third-order valence-electron chi connectivity index (χ3n) is 4.05. The van der Waals surface area contributed by atoms with Crippen molar-refractivity contribution in [2.75, 3.05) is 0 Å². The third-order valence-corrected chi connectivity index (χ3v) is 4.05. The van der Waals surface area contributed by atoms with Gasteiger partial charge in [-0.15, -0.1) is 0 Å². The summed E-state index contributed by atoms with van der Waals surface area (Å²) in [4.78, 5) is 0. The lowest BCUT2D eigenvalue weighted by atomic mass is 9.96. The first kappa shape index (κ1) is 16.4. The predicted octanol–water partition coefficient (Wildman–Crippen LogP) is 5.45. The summed E-state index contributed by atoms with van der Waals surface area (Å²) in [5.74, 6) is 0.450. The molecule has 2 heteroatoms. The van der Waals surface area contributed by atoms with Gasteiger partial charge >= 0.3 is 0 Å². The van der Waals surface area contributed by atoms with Crippen LogP contribution in [0.3, 0.4) is 0 Å². The molecule has 0 saturated heterocycles. The van der Waals surface area contributed by atoms with E-state index in [4.69, 9.17) is 0 Å². The molecule has 0 aliphatic rings. The van der Waals surface area contributed by atoms with Crippen molar-refractivity contribution in [1.29, 1.82) is 0 Å². The molecule has 0 saturated carbocycles. The average Bonchev–Trinajstić information content (AvgIpc) is 2.53. The molecular formula is C20H26O2. The standard InChI is InChI=1S/C20H26O2/c1-3-5-7-15-9-11-19(21)17(13-15)18-14-16(8-6-4-2)10-12-20(18)22/h9-14,21-22H,3-8H2,1-2H3. The molecule has 0 aliphatic heterocycles. The number of hydrogen-bond donors (Lipinski definition) is 2. The Morgan fingerprint density at radius 3 is 1.45 bits per heavy atom. The molecule has 2 rings (SSSR count). The number of rotatable bonds is 7. The lowest BCUT2D eigenvalue weighted by Gasteiger charge is -2.11. The number of aryl methyl sites for hydroxylation is 2. The molecule has 22 heavy (non-hydrogen) atoms. The maximum atomic E-state index is 10.2. The molecular weight excluding hydrogens is 272 g/mol. The fourth-order valence-corrected chi connectivity index (χ4v) is 2.67. The van der Waals surface area contributed by atoms with E-state index in [0.29, 0.717) is 0 Å². The van der Waals surface area contributed by atoms with E-state index >= 15 is 0 Å². The highest BCUT2D eigenvalue weighted by Crippen LogP contribution is 2.37. The van der Waals surface area contributed by atoms with Crippen molar-refractivity contribution in [1.82, 2.24) is 0 Å². The second kappa shape index (κ2) is 7.88. The van der Waals surface area contributed by atoms with Gasteiger partial charge in [0.25, 0.3) is 0 Å². The van der Waals surface area contributed by atoms with Crippen molar-refractivity contribution in [3.63, 3.8) is 0 Å². The Hall–Kier alpha value is -1.96. The Bertz CT molecular complexity index is 562. The zero-order chi connectivity index (χ0) is 15.9. The van der Waals surface area contributed by atoms with Crippen molar-refractivity contribution in [3.8, 4) is 22.6 Å². The number of benzene rings is 2. The van der Waals surface area contributed by atoms with Crippen LogP contribution < -0.4 is 0 Å². The van der Waals surface area contributed by atoms with Gasteiger partial charge in [-0.05, 0) is 61.1 Å². The lowest BCUT2D eigenvalue weighted by Crippen LogP contribution is -1.90. The van der Waals surface area contributed by atoms with Crippen molar-refractivity contribution in [2.45, 2.75) is 52.4 Å². The van der Waals surface area contributed by atoms with E-state index < -0.39 is 0 Å². The molecule has 2 nitrogen and oxygen atoms in total. The van der Waals surface area contributed by atoms with Crippen molar-refractivity contribution in [2.24, 2.45) is 0 Å². The summed E-state index contributed by atoms with van der Waals surface area (Å²) in [7, 11) is 0. The Kier molecular flexibility index (Phi) is 5.88. The summed E-state index contributed by atoms with van der Waals surface area (Å²) in [6, 6.07) is 11.4. The van der Waals surface area contributed by atoms with E-state index in [2.05, 4.69) is 13.8 Å². The van der Waals surface area contributed by atoms with E-state index in [1.165, 1.54) is 11.1 Å². The van der Waals surface area contributed by atoms with Gasteiger partial charge in [-0.25, -0.2) is 0 Å². The van der Waals surface area contributed by atoms with E-state index in [9.17, 15) is 10.2 Å². The molecule has 0 radical (unpaired) electrons. The third kappa shape index (κ3) is 4.03. The summed E-state index contributed by atoms with van der Waals surface area (Å²) >= 11 is 0. The highest BCUT2D eigenvalue weighted by Gasteiger charge is 2.11. The number of phenolic OH excluding ortho intramolecular Hbond substituents is 2. The summed E-state index contributed by atoms with van der Waals surface area (Å²) in [5, 5.41) is 20.4. The summed E-state index contributed by atoms with van der Waals surface area (Å²) in [5.41, 5.74) is 3.86. The van der Waals surface area contributed by atoms with Gasteiger partial charge in [0.1, 0.15) is 11.5 Å². The molecule has 2 aromatic carbocycles. The summed E-state index contributed by atoms with van der Waals surface area (Å²) in [6.45, 7) is 4.34. The fraction of sp³-hybridized carbons (Fsp3) is 0.400. The smallest absolute Gasteiger partial charge is 0.123 e. The van der Waals surface area contributed by atoms with Gasteiger partial charge in [0, 0.05) is 11.1 Å². The predicted molar refractivity (Wildman–Crippen MR) is 92.4 cm³/mol. The quantitative estimate of drug-likeness (QED) is 0.713. The monoisotopic (exact) mass is 298 g/mol. The Labute approximate surface area is 133 Å². The van der Waals surface area contributed by atoms with Gasteiger partial charge < -0.3 is 10.2 Å². The van der Waals surface area contributed by atoms with Crippen LogP contribution >= 0.6 is 0 Å². The first-order valence-corrected chi connectivity index (χ1v) is 8.29. The Morgan fingerprint density at radius 2 is 1.09 bits per heavy atom. The van der Waals surface area contributed by atoms with Crippen LogP contribution in [-0.2, 0) is 12.8 Å². The minimum absolute atomic E-state index is 0.225. The molecule has 0 unspecified atom stereocenters. The summed E-state index contributed by atoms with van der Waals surface area (Å²) < 4.78 is 0. The van der Waals surface area contributed by atoms with Gasteiger partial charge in [-0.2, -0.15) is 0 Å². The first-order valence-electron chi connectivity index (χ1n) is 8.29. The van der Waals surface area contributed by atoms with E-state index in [-0.39, 0.29) is 11.5 Å². The number of aromatic hydroxyl groups is 2. The molecule has 118 valence electrons. The molecule has 0 spiro atoms. The van der Waals surface area contributed by atoms with Crippen LogP contribution in [0.2, 0.25) is 0 Å². The average molecular weight is 298 g/mol. The van der Waals surface area contributed by atoms with Gasteiger partial charge in [-0.1, -0.05) is 38.8 Å². The number of phenols is 2. The molecule has 0 atom stereocenters. The zero-order valence-corrected chi connectivity index (χ0v) is 13.6. The van der Waals surface area contributed by atoms with Crippen molar-refractivity contribution in [3.05, 3.63) is 47.5 Å². The van der Waals surface area contributed by atoms with Gasteiger partial charge in [0.05, 0.1) is 0 Å². The molecule has 0 aliphatic carbocycles. The fourth-order valence-electron chi connectivity index (χ4n) is 2.67. The maximum Gasteiger partial charge on any atom is 0.123 e. The molecule has 0 heterocycles. The van der Waals surface area contributed by atoms with Crippen LogP contribution in [0, 0.1) is 0 Å². The van der Waals surface area contributed by atoms with Crippen LogP contribution in [0.5, 0.6) is 11.5 Å². The van der Waals surface area contributed by atoms with Crippen LogP contribution in [0.1, 0.15) is 50.7 Å². The van der Waals surface area contributed by atoms with Crippen LogP contribution in [0.15, 0.2) is 36.4 Å². The molecule has 2 N–H and O–H groups in total. The minimum Gasteiger partial charge on any atom is -0.507 e. The second-order valence-corrected chi connectivity index (χ2v) is 5.91. The van der Waals surface area contributed by atoms with E-state index in [1.54, 1.807) is 12.1 Å². The maximum absolute atomic E-state index is 10.2. The second-order valence-electron chi connectivity index (χ2n) is 5.91. The minimum atomic E-state index is 0.225. The van der Waals surface area contributed by atoms with Crippen LogP contribution in [0.4, 0.5) is 0 Å². The molecule has 0 fully saturated rings. The SMILES string of the molecule is CCCCc1ccc(O)c(-c2cc(CCCC)ccc2O)c1. The normalized spacial score (nSPS) is 10.8. The molecule has 2 aromatic rings. The molecule has 0 aromatic heterocycles. The van der Waals surface area contributed by atoms with Gasteiger partial charge in [-0.3, -0.25) is 0 Å². The van der Waals surface area contributed by atoms with E-state index in [0.717, 1.165) is 49.7 Å². The number of unbranched alkanes of at least 4 members (excludes halogenated alkanes) is 2. The molecule has 0 bridgehead atoms. The lowest BCUT2D eigenvalue weighted by molar-refractivity contribution is 0.469. The van der Waals surface area contributed by atoms with Crippen molar-refractivity contribution >= 4 is 0 Å². The highest BCUT2D eigenvalue weighted by atomic mass is 16.3. The van der Waals surface area contributed by atoms with Gasteiger partial charge in [0.15, 0.2) is 0 Å². The Morgan fingerprint density at radius 1 is 0.682 bits per heavy atom. The van der Waals surface area contributed by atoms with Gasteiger partial charge in [0.2, 0.25) is 0 Å². The first-order chi connectivity index (χ1) is 10.7. The van der Waals surface area contributed by atoms with E-state index in [1.807, 2.05) is 24.3 Å². The number of hydrogen-bond acceptors (Lipinski definition) is 2. The van der Waals surface area contributed by atoms with Crippen LogP contribution in [-0.4, -0.2) is 10.2 Å². The topological polar surface area (TPSA) is 40.5 Å². The van der Waals surface area contributed by atoms with Crippen LogP contribution in [0.25, 0.3) is 11.1 Å². The summed E-state index contributed by atoms with van der Waals surface area (Å²) in [6.07, 6.45) is 6.56. The molecule has 0 amide bonds. The highest BCUT2D eigenvalue weighted by molar-refractivity contribution is 5.76.